The first-order valence-corrected chi connectivity index (χ1v) is 8.29. The van der Waals surface area contributed by atoms with Gasteiger partial charge < -0.3 is 15.1 Å². The molecule has 25 heavy (non-hydrogen) atoms. The average molecular weight is 407 g/mol. The van der Waals surface area contributed by atoms with Crippen molar-refractivity contribution in [2.45, 2.75) is 31.7 Å². The van der Waals surface area contributed by atoms with E-state index >= 15 is 0 Å². The van der Waals surface area contributed by atoms with Gasteiger partial charge in [-0.25, -0.2) is 4.98 Å². The molecule has 1 unspecified atom stereocenters. The predicted octanol–water partition coefficient (Wildman–Crippen LogP) is 3.64. The Morgan fingerprint density at radius 1 is 1.32 bits per heavy atom. The molecule has 0 saturated carbocycles. The molecule has 0 spiro atoms. The molecular weight excluding hydrogens is 385 g/mol. The number of hydrogen-bond acceptors (Lipinski definition) is 4. The Morgan fingerprint density at radius 3 is 2.76 bits per heavy atom. The number of benzene rings is 1. The van der Waals surface area contributed by atoms with Crippen molar-refractivity contribution in [1.29, 1.82) is 0 Å². The first kappa shape index (κ1) is 21.8. The number of nitrogens with one attached hydrogen (secondary N) is 2. The molecule has 3 rings (SSSR count). The zero-order chi connectivity index (χ0) is 16.1. The lowest BCUT2D eigenvalue weighted by molar-refractivity contribution is -0.121. The van der Waals surface area contributed by atoms with Crippen molar-refractivity contribution < 1.29 is 9.21 Å². The number of carbonyl (C=O) groups is 1. The summed E-state index contributed by atoms with van der Waals surface area (Å²) in [6, 6.07) is 7.63. The summed E-state index contributed by atoms with van der Waals surface area (Å²) in [5.41, 5.74) is 0.922. The molecule has 1 saturated heterocycles. The summed E-state index contributed by atoms with van der Waals surface area (Å²) in [4.78, 5) is 16.2. The Labute approximate surface area is 164 Å². The molecule has 0 bridgehead atoms. The van der Waals surface area contributed by atoms with Gasteiger partial charge in [-0.05, 0) is 43.7 Å². The van der Waals surface area contributed by atoms with Gasteiger partial charge in [0.25, 0.3) is 0 Å². The van der Waals surface area contributed by atoms with Gasteiger partial charge in [0, 0.05) is 36.0 Å². The van der Waals surface area contributed by atoms with Gasteiger partial charge in [0.05, 0.1) is 6.20 Å². The topological polar surface area (TPSA) is 67.2 Å². The van der Waals surface area contributed by atoms with Crippen molar-refractivity contribution in [3.8, 4) is 11.3 Å². The smallest absolute Gasteiger partial charge is 0.220 e. The molecule has 1 atom stereocenters. The Hall–Kier alpha value is -1.27. The van der Waals surface area contributed by atoms with Crippen LogP contribution in [0.15, 0.2) is 34.9 Å². The van der Waals surface area contributed by atoms with Gasteiger partial charge in [0.1, 0.15) is 0 Å². The maximum atomic E-state index is 12.0. The van der Waals surface area contributed by atoms with Crippen LogP contribution in [0, 0.1) is 0 Å². The molecule has 1 aliphatic heterocycles. The van der Waals surface area contributed by atoms with E-state index in [9.17, 15) is 4.79 Å². The summed E-state index contributed by atoms with van der Waals surface area (Å²) >= 11 is 5.87. The molecular formula is C17H22Cl3N3O2. The Balaban J connectivity index is 0.00000156. The molecule has 8 heteroatoms. The van der Waals surface area contributed by atoms with E-state index in [1.807, 2.05) is 24.3 Å². The number of rotatable bonds is 5. The third-order valence-electron chi connectivity index (χ3n) is 3.91. The number of nitrogens with zero attached hydrogens (tertiary/aromatic N) is 1. The van der Waals surface area contributed by atoms with E-state index in [0.29, 0.717) is 29.5 Å². The lowest BCUT2D eigenvalue weighted by Crippen LogP contribution is -2.45. The predicted molar refractivity (Wildman–Crippen MR) is 104 cm³/mol. The van der Waals surface area contributed by atoms with Crippen molar-refractivity contribution in [2.24, 2.45) is 0 Å². The van der Waals surface area contributed by atoms with Crippen LogP contribution in [0.4, 0.5) is 0 Å². The van der Waals surface area contributed by atoms with E-state index in [2.05, 4.69) is 15.6 Å². The molecule has 1 aromatic carbocycles. The van der Waals surface area contributed by atoms with Gasteiger partial charge in [0.2, 0.25) is 5.91 Å². The molecule has 1 fully saturated rings. The van der Waals surface area contributed by atoms with Crippen LogP contribution < -0.4 is 10.6 Å². The fraction of sp³-hybridized carbons (Fsp3) is 0.412. The van der Waals surface area contributed by atoms with E-state index in [4.69, 9.17) is 16.0 Å². The van der Waals surface area contributed by atoms with Crippen LogP contribution in [0.1, 0.15) is 25.2 Å². The lowest BCUT2D eigenvalue weighted by atomic mass is 10.1. The summed E-state index contributed by atoms with van der Waals surface area (Å²) in [6.45, 7) is 1.89. The normalized spacial score (nSPS) is 16.4. The second kappa shape index (κ2) is 10.7. The zero-order valence-corrected chi connectivity index (χ0v) is 16.1. The average Bonchev–Trinajstić information content (AvgIpc) is 3.04. The monoisotopic (exact) mass is 405 g/mol. The highest BCUT2D eigenvalue weighted by molar-refractivity contribution is 6.30. The number of carbonyl (C=O) groups excluding carboxylic acids is 1. The van der Waals surface area contributed by atoms with E-state index < -0.39 is 0 Å². The van der Waals surface area contributed by atoms with E-state index in [-0.39, 0.29) is 36.8 Å². The molecule has 0 aliphatic carbocycles. The summed E-state index contributed by atoms with van der Waals surface area (Å²) in [7, 11) is 0. The molecule has 1 amide bonds. The van der Waals surface area contributed by atoms with Crippen molar-refractivity contribution in [1.82, 2.24) is 15.6 Å². The zero-order valence-electron chi connectivity index (χ0n) is 13.7. The fourth-order valence-corrected chi connectivity index (χ4v) is 2.79. The van der Waals surface area contributed by atoms with Crippen molar-refractivity contribution in [2.75, 3.05) is 13.1 Å². The number of halogens is 3. The molecule has 5 nitrogen and oxygen atoms in total. The minimum Gasteiger partial charge on any atom is -0.441 e. The Kier molecular flexibility index (Phi) is 9.28. The van der Waals surface area contributed by atoms with Crippen LogP contribution in [0.3, 0.4) is 0 Å². The number of aromatic nitrogens is 1. The molecule has 2 N–H and O–H groups in total. The van der Waals surface area contributed by atoms with Crippen LogP contribution in [0.2, 0.25) is 5.02 Å². The van der Waals surface area contributed by atoms with Crippen molar-refractivity contribution in [3.05, 3.63) is 41.4 Å². The number of hydrogen-bond donors (Lipinski definition) is 2. The first-order chi connectivity index (χ1) is 11.2. The SMILES string of the molecule is Cl.Cl.O=C(CCc1ncc(-c2ccc(Cl)cc2)o1)NC1CCCNC1. The lowest BCUT2D eigenvalue weighted by Gasteiger charge is -2.23. The molecule has 2 aromatic rings. The summed E-state index contributed by atoms with van der Waals surface area (Å²) in [5, 5.41) is 7.02. The Bertz CT molecular complexity index is 655. The maximum absolute atomic E-state index is 12.0. The van der Waals surface area contributed by atoms with E-state index in [1.54, 1.807) is 6.20 Å². The molecule has 2 heterocycles. The van der Waals surface area contributed by atoms with E-state index in [0.717, 1.165) is 31.5 Å². The van der Waals surface area contributed by atoms with Gasteiger partial charge in [-0.15, -0.1) is 24.8 Å². The van der Waals surface area contributed by atoms with Crippen LogP contribution in [-0.2, 0) is 11.2 Å². The van der Waals surface area contributed by atoms with E-state index in [1.165, 1.54) is 0 Å². The highest BCUT2D eigenvalue weighted by Crippen LogP contribution is 2.22. The Morgan fingerprint density at radius 2 is 2.08 bits per heavy atom. The minimum atomic E-state index is 0. The van der Waals surface area contributed by atoms with Crippen LogP contribution >= 0.6 is 36.4 Å². The third kappa shape index (κ3) is 6.51. The molecule has 1 aliphatic rings. The number of oxazole rings is 1. The van der Waals surface area contributed by atoms with Gasteiger partial charge in [0.15, 0.2) is 11.7 Å². The van der Waals surface area contributed by atoms with Gasteiger partial charge in [-0.3, -0.25) is 4.79 Å². The largest absolute Gasteiger partial charge is 0.441 e. The minimum absolute atomic E-state index is 0. The number of piperidine rings is 1. The van der Waals surface area contributed by atoms with Gasteiger partial charge >= 0.3 is 0 Å². The van der Waals surface area contributed by atoms with Crippen molar-refractivity contribution in [3.63, 3.8) is 0 Å². The van der Waals surface area contributed by atoms with Gasteiger partial charge in [-0.1, -0.05) is 11.6 Å². The molecule has 138 valence electrons. The highest BCUT2D eigenvalue weighted by Gasteiger charge is 2.16. The van der Waals surface area contributed by atoms with Crippen molar-refractivity contribution >= 4 is 42.3 Å². The third-order valence-corrected chi connectivity index (χ3v) is 4.16. The quantitative estimate of drug-likeness (QED) is 0.795. The van der Waals surface area contributed by atoms with Crippen LogP contribution in [0.25, 0.3) is 11.3 Å². The maximum Gasteiger partial charge on any atom is 0.220 e. The number of aryl methyl sites for hydroxylation is 1. The van der Waals surface area contributed by atoms with Crippen LogP contribution in [-0.4, -0.2) is 30.0 Å². The highest BCUT2D eigenvalue weighted by atomic mass is 35.5. The second-order valence-corrected chi connectivity index (χ2v) is 6.17. The van der Waals surface area contributed by atoms with Gasteiger partial charge in [-0.2, -0.15) is 0 Å². The first-order valence-electron chi connectivity index (χ1n) is 7.91. The molecule has 0 radical (unpaired) electrons. The molecule has 1 aromatic heterocycles. The number of amides is 1. The summed E-state index contributed by atoms with van der Waals surface area (Å²) in [5.74, 6) is 1.31. The summed E-state index contributed by atoms with van der Waals surface area (Å²) in [6.07, 6.45) is 4.71. The summed E-state index contributed by atoms with van der Waals surface area (Å²) < 4.78 is 5.70. The second-order valence-electron chi connectivity index (χ2n) is 5.74. The standard InChI is InChI=1S/C17H20ClN3O2.2ClH/c18-13-5-3-12(4-6-13)15-11-20-17(23-15)8-7-16(22)21-14-2-1-9-19-10-14;;/h3-6,11,14,19H,1-2,7-10H2,(H,21,22);2*1H. The fourth-order valence-electron chi connectivity index (χ4n) is 2.67. The van der Waals surface area contributed by atoms with Crippen LogP contribution in [0.5, 0.6) is 0 Å².